The first-order valence-electron chi connectivity index (χ1n) is 6.76. The molecule has 1 N–H and O–H groups in total. The summed E-state index contributed by atoms with van der Waals surface area (Å²) < 4.78 is 5.97. The summed E-state index contributed by atoms with van der Waals surface area (Å²) in [5, 5.41) is 3.15. The third kappa shape index (κ3) is 3.50. The lowest BCUT2D eigenvalue weighted by Gasteiger charge is -2.29. The van der Waals surface area contributed by atoms with Crippen molar-refractivity contribution >= 4 is 21.8 Å². The zero-order valence-corrected chi connectivity index (χ0v) is 13.0. The van der Waals surface area contributed by atoms with Gasteiger partial charge in [0.15, 0.2) is 0 Å². The van der Waals surface area contributed by atoms with E-state index >= 15 is 0 Å². The maximum Gasteiger partial charge on any atom is 0.251 e. The van der Waals surface area contributed by atoms with Crippen molar-refractivity contribution < 1.29 is 9.53 Å². The number of hydrogen-bond acceptors (Lipinski definition) is 2. The first-order chi connectivity index (χ1) is 9.11. The summed E-state index contributed by atoms with van der Waals surface area (Å²) in [5.41, 5.74) is 0.672. The molecule has 3 nitrogen and oxygen atoms in total. The van der Waals surface area contributed by atoms with Crippen LogP contribution in [-0.2, 0) is 0 Å². The summed E-state index contributed by atoms with van der Waals surface area (Å²) in [5.74, 6) is 1.31. The number of ether oxygens (including phenoxy) is 1. The van der Waals surface area contributed by atoms with Gasteiger partial charge in [-0.15, -0.1) is 0 Å². The Morgan fingerprint density at radius 1 is 1.37 bits per heavy atom. The summed E-state index contributed by atoms with van der Waals surface area (Å²) in [6, 6.07) is 5.72. The molecule has 0 aromatic heterocycles. The van der Waals surface area contributed by atoms with Crippen molar-refractivity contribution in [1.82, 2.24) is 5.32 Å². The summed E-state index contributed by atoms with van der Waals surface area (Å²) in [4.78, 5) is 12.2. The quantitative estimate of drug-likeness (QED) is 0.918. The minimum absolute atomic E-state index is 0.00195. The van der Waals surface area contributed by atoms with Crippen LogP contribution in [0.1, 0.15) is 43.0 Å². The second-order valence-electron chi connectivity index (χ2n) is 5.19. The highest BCUT2D eigenvalue weighted by Crippen LogP contribution is 2.27. The monoisotopic (exact) mass is 325 g/mol. The standard InChI is InChI=1S/C15H20BrNO2/c1-10-5-3-4-6-13(10)17-15(18)11-7-8-14(19-2)12(16)9-11/h7-10,13H,3-6H2,1-2H3,(H,17,18)/t10-,13+/m1/s1. The molecule has 1 saturated carbocycles. The molecule has 1 aromatic rings. The van der Waals surface area contributed by atoms with Crippen molar-refractivity contribution in [2.75, 3.05) is 7.11 Å². The van der Waals surface area contributed by atoms with Gasteiger partial charge in [-0.1, -0.05) is 19.8 Å². The van der Waals surface area contributed by atoms with Crippen LogP contribution in [-0.4, -0.2) is 19.1 Å². The topological polar surface area (TPSA) is 38.3 Å². The van der Waals surface area contributed by atoms with Crippen LogP contribution in [0.25, 0.3) is 0 Å². The van der Waals surface area contributed by atoms with E-state index in [1.54, 1.807) is 13.2 Å². The Labute approximate surface area is 122 Å². The summed E-state index contributed by atoms with van der Waals surface area (Å²) in [6.45, 7) is 2.22. The molecule has 1 aromatic carbocycles. The highest BCUT2D eigenvalue weighted by molar-refractivity contribution is 9.10. The maximum atomic E-state index is 12.2. The maximum absolute atomic E-state index is 12.2. The zero-order chi connectivity index (χ0) is 13.8. The first-order valence-corrected chi connectivity index (χ1v) is 7.55. The Morgan fingerprint density at radius 2 is 2.11 bits per heavy atom. The Kier molecular flexibility index (Phi) is 4.86. The van der Waals surface area contributed by atoms with Gasteiger partial charge in [0.25, 0.3) is 5.91 Å². The van der Waals surface area contributed by atoms with Crippen molar-refractivity contribution in [1.29, 1.82) is 0 Å². The SMILES string of the molecule is COc1ccc(C(=O)N[C@H]2CCCC[C@H]2C)cc1Br. The molecule has 0 saturated heterocycles. The fourth-order valence-corrected chi connectivity index (χ4v) is 3.13. The molecule has 2 rings (SSSR count). The van der Waals surface area contributed by atoms with Crippen molar-refractivity contribution in [3.63, 3.8) is 0 Å². The van der Waals surface area contributed by atoms with Crippen LogP contribution in [0.4, 0.5) is 0 Å². The molecule has 1 aliphatic carbocycles. The predicted molar refractivity (Wildman–Crippen MR) is 79.6 cm³/mol. The number of amides is 1. The van der Waals surface area contributed by atoms with E-state index < -0.39 is 0 Å². The minimum atomic E-state index is 0.00195. The van der Waals surface area contributed by atoms with E-state index in [-0.39, 0.29) is 5.91 Å². The third-order valence-electron chi connectivity index (χ3n) is 3.84. The molecule has 1 amide bonds. The number of halogens is 1. The fraction of sp³-hybridized carbons (Fsp3) is 0.533. The van der Waals surface area contributed by atoms with E-state index in [0.717, 1.165) is 16.6 Å². The molecule has 0 unspecified atom stereocenters. The third-order valence-corrected chi connectivity index (χ3v) is 4.46. The van der Waals surface area contributed by atoms with Gasteiger partial charge in [-0.3, -0.25) is 4.79 Å². The first kappa shape index (κ1) is 14.4. The number of carbonyl (C=O) groups is 1. The largest absolute Gasteiger partial charge is 0.496 e. The van der Waals surface area contributed by atoms with Gasteiger partial charge in [0, 0.05) is 11.6 Å². The molecular formula is C15H20BrNO2. The summed E-state index contributed by atoms with van der Waals surface area (Å²) in [6.07, 6.45) is 4.78. The van der Waals surface area contributed by atoms with E-state index in [1.165, 1.54) is 19.3 Å². The van der Waals surface area contributed by atoms with Gasteiger partial charge in [0.2, 0.25) is 0 Å². The minimum Gasteiger partial charge on any atom is -0.496 e. The van der Waals surface area contributed by atoms with Gasteiger partial charge in [-0.05, 0) is 52.9 Å². The molecule has 1 aliphatic rings. The van der Waals surface area contributed by atoms with E-state index in [0.29, 0.717) is 17.5 Å². The second-order valence-corrected chi connectivity index (χ2v) is 6.05. The van der Waals surface area contributed by atoms with Gasteiger partial charge in [0.05, 0.1) is 11.6 Å². The number of benzene rings is 1. The molecule has 0 aliphatic heterocycles. The number of hydrogen-bond donors (Lipinski definition) is 1. The molecule has 4 heteroatoms. The molecule has 1 fully saturated rings. The predicted octanol–water partition coefficient (Wildman–Crippen LogP) is 3.77. The molecule has 0 heterocycles. The van der Waals surface area contributed by atoms with Crippen molar-refractivity contribution in [3.8, 4) is 5.75 Å². The van der Waals surface area contributed by atoms with E-state index in [2.05, 4.69) is 28.2 Å². The van der Waals surface area contributed by atoms with Crippen LogP contribution >= 0.6 is 15.9 Å². The van der Waals surface area contributed by atoms with E-state index in [9.17, 15) is 4.79 Å². The van der Waals surface area contributed by atoms with Crippen LogP contribution in [0.5, 0.6) is 5.75 Å². The van der Waals surface area contributed by atoms with Crippen LogP contribution in [0, 0.1) is 5.92 Å². The number of nitrogens with one attached hydrogen (secondary N) is 1. The lowest BCUT2D eigenvalue weighted by Crippen LogP contribution is -2.41. The van der Waals surface area contributed by atoms with Crippen molar-refractivity contribution in [2.45, 2.75) is 38.6 Å². The molecule has 0 radical (unpaired) electrons. The molecule has 0 spiro atoms. The van der Waals surface area contributed by atoms with Crippen LogP contribution in [0.3, 0.4) is 0 Å². The molecular weight excluding hydrogens is 306 g/mol. The Hall–Kier alpha value is -1.03. The van der Waals surface area contributed by atoms with Crippen LogP contribution < -0.4 is 10.1 Å². The number of carbonyl (C=O) groups excluding carboxylic acids is 1. The van der Waals surface area contributed by atoms with Crippen molar-refractivity contribution in [2.24, 2.45) is 5.92 Å². The van der Waals surface area contributed by atoms with Crippen LogP contribution in [0.15, 0.2) is 22.7 Å². The zero-order valence-electron chi connectivity index (χ0n) is 11.4. The average molecular weight is 326 g/mol. The number of methoxy groups -OCH3 is 1. The molecule has 0 bridgehead atoms. The van der Waals surface area contributed by atoms with E-state index in [1.807, 2.05) is 12.1 Å². The normalized spacial score (nSPS) is 22.9. The second kappa shape index (κ2) is 6.42. The van der Waals surface area contributed by atoms with Crippen LogP contribution in [0.2, 0.25) is 0 Å². The van der Waals surface area contributed by atoms with Gasteiger partial charge in [-0.25, -0.2) is 0 Å². The molecule has 104 valence electrons. The van der Waals surface area contributed by atoms with E-state index in [4.69, 9.17) is 4.74 Å². The Bertz CT molecular complexity index is 461. The highest BCUT2D eigenvalue weighted by Gasteiger charge is 2.23. The van der Waals surface area contributed by atoms with Gasteiger partial charge in [0.1, 0.15) is 5.75 Å². The van der Waals surface area contributed by atoms with Crippen molar-refractivity contribution in [3.05, 3.63) is 28.2 Å². The Balaban J connectivity index is 2.05. The van der Waals surface area contributed by atoms with Gasteiger partial charge in [-0.2, -0.15) is 0 Å². The fourth-order valence-electron chi connectivity index (χ4n) is 2.59. The summed E-state index contributed by atoms with van der Waals surface area (Å²) in [7, 11) is 1.61. The highest BCUT2D eigenvalue weighted by atomic mass is 79.9. The lowest BCUT2D eigenvalue weighted by molar-refractivity contribution is 0.0910. The molecule has 2 atom stereocenters. The van der Waals surface area contributed by atoms with Gasteiger partial charge < -0.3 is 10.1 Å². The van der Waals surface area contributed by atoms with Gasteiger partial charge >= 0.3 is 0 Å². The summed E-state index contributed by atoms with van der Waals surface area (Å²) >= 11 is 3.41. The molecule has 19 heavy (non-hydrogen) atoms. The Morgan fingerprint density at radius 3 is 2.74 bits per heavy atom. The number of rotatable bonds is 3. The average Bonchev–Trinajstić information content (AvgIpc) is 2.41. The smallest absolute Gasteiger partial charge is 0.251 e. The lowest BCUT2D eigenvalue weighted by atomic mass is 9.86.